The molecule has 0 spiro atoms. The number of anilines is 4. The molecule has 4 aliphatic rings. The number of dihydropyridines is 1. The van der Waals surface area contributed by atoms with Crippen LogP contribution in [0.2, 0.25) is 0 Å². The average molecular weight is 551 g/mol. The molecule has 1 unspecified atom stereocenters. The van der Waals surface area contributed by atoms with Crippen LogP contribution in [0.25, 0.3) is 0 Å². The predicted molar refractivity (Wildman–Crippen MR) is 164 cm³/mol. The van der Waals surface area contributed by atoms with Crippen LogP contribution >= 0.6 is 0 Å². The first kappa shape index (κ1) is 24.3. The quantitative estimate of drug-likeness (QED) is 0.256. The molecule has 204 valence electrons. The van der Waals surface area contributed by atoms with E-state index in [0.717, 1.165) is 39.9 Å². The van der Waals surface area contributed by atoms with Gasteiger partial charge in [-0.2, -0.15) is 0 Å². The summed E-state index contributed by atoms with van der Waals surface area (Å²) in [6, 6.07) is 31.4. The molecule has 0 fully saturated rings. The minimum absolute atomic E-state index is 0.159. The highest BCUT2D eigenvalue weighted by molar-refractivity contribution is 6.14. The van der Waals surface area contributed by atoms with Gasteiger partial charge < -0.3 is 24.6 Å². The van der Waals surface area contributed by atoms with Crippen LogP contribution in [0.3, 0.4) is 0 Å². The molecular weight excluding hydrogens is 524 g/mol. The lowest BCUT2D eigenvalue weighted by Gasteiger charge is -2.39. The summed E-state index contributed by atoms with van der Waals surface area (Å²) in [5, 5.41) is 6.88. The summed E-state index contributed by atoms with van der Waals surface area (Å²) in [6.45, 7) is 4.90. The second kappa shape index (κ2) is 9.54. The molecule has 4 heterocycles. The van der Waals surface area contributed by atoms with E-state index in [1.807, 2.05) is 115 Å². The third kappa shape index (κ3) is 3.68. The van der Waals surface area contributed by atoms with Crippen LogP contribution in [-0.4, -0.2) is 18.5 Å². The van der Waals surface area contributed by atoms with Gasteiger partial charge in [0.05, 0.1) is 39.7 Å². The third-order valence-corrected chi connectivity index (χ3v) is 7.86. The van der Waals surface area contributed by atoms with E-state index in [4.69, 9.17) is 9.47 Å². The number of benzene rings is 4. The first-order valence-corrected chi connectivity index (χ1v) is 13.9. The molecule has 1 atom stereocenters. The number of hydrogen-bond acceptors (Lipinski definition) is 7. The van der Waals surface area contributed by atoms with Gasteiger partial charge in [-0.25, -0.2) is 0 Å². The van der Waals surface area contributed by atoms with Gasteiger partial charge in [0, 0.05) is 18.3 Å². The number of hydrogen-bond donors (Lipinski definition) is 2. The zero-order chi connectivity index (χ0) is 28.2. The van der Waals surface area contributed by atoms with Crippen molar-refractivity contribution in [1.29, 1.82) is 0 Å². The van der Waals surface area contributed by atoms with Crippen LogP contribution < -0.4 is 29.9 Å². The van der Waals surface area contributed by atoms with E-state index >= 15 is 0 Å². The highest BCUT2D eigenvalue weighted by Gasteiger charge is 2.37. The number of allylic oxidation sites excluding steroid dienone is 2. The monoisotopic (exact) mass is 550 g/mol. The molecule has 0 aliphatic carbocycles. The molecule has 7 heteroatoms. The molecule has 8 rings (SSSR count). The maximum Gasteiger partial charge on any atom is 0.196 e. The minimum Gasteiger partial charge on any atom is -0.453 e. The summed E-state index contributed by atoms with van der Waals surface area (Å²) >= 11 is 0. The first-order chi connectivity index (χ1) is 20.7. The summed E-state index contributed by atoms with van der Waals surface area (Å²) in [5.74, 6) is 2.72. The topological polar surface area (TPSA) is 66.1 Å². The maximum atomic E-state index is 14.7. The zero-order valence-corrected chi connectivity index (χ0v) is 22.6. The Kier molecular flexibility index (Phi) is 5.51. The number of carbonyl (C=O) groups is 1. The van der Waals surface area contributed by atoms with Crippen LogP contribution in [0.4, 0.5) is 22.7 Å². The van der Waals surface area contributed by atoms with Gasteiger partial charge in [0.25, 0.3) is 0 Å². The van der Waals surface area contributed by atoms with Crippen LogP contribution in [0.15, 0.2) is 145 Å². The van der Waals surface area contributed by atoms with E-state index in [9.17, 15) is 4.79 Å². The maximum absolute atomic E-state index is 14.7. The van der Waals surface area contributed by atoms with Crippen molar-refractivity contribution in [3.63, 3.8) is 0 Å². The van der Waals surface area contributed by atoms with Gasteiger partial charge >= 0.3 is 0 Å². The summed E-state index contributed by atoms with van der Waals surface area (Å²) in [4.78, 5) is 18.8. The molecule has 42 heavy (non-hydrogen) atoms. The molecule has 2 N–H and O–H groups in total. The third-order valence-electron chi connectivity index (χ3n) is 7.86. The normalized spacial score (nSPS) is 19.8. The lowest BCUT2D eigenvalue weighted by molar-refractivity contribution is -0.112. The van der Waals surface area contributed by atoms with Crippen LogP contribution in [0.1, 0.15) is 0 Å². The number of Topliss-reactive ketones (excluding diaryl/α,β-unsaturated/α-hetero) is 1. The lowest BCUT2D eigenvalue weighted by atomic mass is 9.92. The Bertz CT molecular complexity index is 1800. The second-order valence-electron chi connectivity index (χ2n) is 10.3. The molecule has 0 radical (unpaired) electrons. The van der Waals surface area contributed by atoms with E-state index < -0.39 is 6.17 Å². The SMILES string of the molecule is C=C1C(=O)C2=C(N3c4ccccc4Oc4ccccc43)C=CNC2NC/C=C\1N1c2ccccc2Oc2ccccc21. The van der Waals surface area contributed by atoms with Crippen molar-refractivity contribution in [2.75, 3.05) is 16.3 Å². The fourth-order valence-corrected chi connectivity index (χ4v) is 5.98. The molecule has 4 aromatic carbocycles. The standard InChI is InChI=1S/C35H26N4O3/c1-22-23(38-24-10-2-6-14-29(24)41-30-15-7-3-11-25(30)38)18-20-36-35-33(34(22)40)28(19-21-37-35)39-26-12-4-8-16-31(26)42-32-17-9-5-13-27(32)39/h2-19,21,35-37H,1,20H2/b23-18+. The van der Waals surface area contributed by atoms with E-state index in [2.05, 4.69) is 27.0 Å². The van der Waals surface area contributed by atoms with Crippen molar-refractivity contribution in [1.82, 2.24) is 10.6 Å². The Labute approximate surface area is 243 Å². The predicted octanol–water partition coefficient (Wildman–Crippen LogP) is 7.18. The number of ether oxygens (including phenoxy) is 2. The Morgan fingerprint density at radius 3 is 1.69 bits per heavy atom. The van der Waals surface area contributed by atoms with Crippen molar-refractivity contribution >= 4 is 28.5 Å². The number of carbonyl (C=O) groups excluding carboxylic acids is 1. The van der Waals surface area contributed by atoms with Crippen molar-refractivity contribution in [2.45, 2.75) is 6.17 Å². The Morgan fingerprint density at radius 2 is 1.17 bits per heavy atom. The van der Waals surface area contributed by atoms with E-state index in [0.29, 0.717) is 34.9 Å². The molecule has 0 amide bonds. The minimum atomic E-state index is -0.418. The summed E-state index contributed by atoms with van der Waals surface area (Å²) in [6.07, 6.45) is 5.43. The lowest BCUT2D eigenvalue weighted by Crippen LogP contribution is -2.48. The van der Waals surface area contributed by atoms with E-state index in [-0.39, 0.29) is 5.78 Å². The molecule has 0 saturated heterocycles. The molecule has 0 aromatic heterocycles. The van der Waals surface area contributed by atoms with Gasteiger partial charge in [0.1, 0.15) is 6.17 Å². The molecule has 7 nitrogen and oxygen atoms in total. The van der Waals surface area contributed by atoms with Gasteiger partial charge in [0.15, 0.2) is 28.8 Å². The highest BCUT2D eigenvalue weighted by atomic mass is 16.5. The van der Waals surface area contributed by atoms with Gasteiger partial charge in [-0.1, -0.05) is 55.1 Å². The molecular formula is C35H26N4O3. The number of nitrogens with zero attached hydrogens (tertiary/aromatic N) is 2. The van der Waals surface area contributed by atoms with Gasteiger partial charge in [-0.15, -0.1) is 0 Å². The second-order valence-corrected chi connectivity index (χ2v) is 10.3. The summed E-state index contributed by atoms with van der Waals surface area (Å²) in [7, 11) is 0. The Balaban J connectivity index is 1.29. The number of para-hydroxylation sites is 8. The molecule has 0 saturated carbocycles. The number of fused-ring (bicyclic) bond motifs is 5. The largest absolute Gasteiger partial charge is 0.453 e. The molecule has 0 bridgehead atoms. The van der Waals surface area contributed by atoms with E-state index in [1.54, 1.807) is 0 Å². The number of rotatable bonds is 2. The number of ketones is 1. The highest BCUT2D eigenvalue weighted by Crippen LogP contribution is 2.51. The smallest absolute Gasteiger partial charge is 0.196 e. The Morgan fingerprint density at radius 1 is 0.690 bits per heavy atom. The van der Waals surface area contributed by atoms with Crippen molar-refractivity contribution in [3.8, 4) is 23.0 Å². The van der Waals surface area contributed by atoms with E-state index in [1.165, 1.54) is 0 Å². The Hall–Kier alpha value is -5.53. The number of nitrogens with one attached hydrogen (secondary N) is 2. The van der Waals surface area contributed by atoms with Crippen molar-refractivity contribution in [3.05, 3.63) is 145 Å². The van der Waals surface area contributed by atoms with Crippen LogP contribution in [0, 0.1) is 0 Å². The van der Waals surface area contributed by atoms with Gasteiger partial charge in [-0.3, -0.25) is 10.1 Å². The van der Waals surface area contributed by atoms with Gasteiger partial charge in [-0.05, 0) is 60.7 Å². The average Bonchev–Trinajstić information content (AvgIpc) is 3.03. The summed E-state index contributed by atoms with van der Waals surface area (Å²) in [5.41, 5.74) is 5.85. The summed E-state index contributed by atoms with van der Waals surface area (Å²) < 4.78 is 12.5. The zero-order valence-electron chi connectivity index (χ0n) is 22.6. The van der Waals surface area contributed by atoms with Crippen LogP contribution in [0.5, 0.6) is 23.0 Å². The van der Waals surface area contributed by atoms with Crippen molar-refractivity contribution in [2.24, 2.45) is 0 Å². The van der Waals surface area contributed by atoms with Crippen molar-refractivity contribution < 1.29 is 14.3 Å². The fourth-order valence-electron chi connectivity index (χ4n) is 5.98. The first-order valence-electron chi connectivity index (χ1n) is 13.9. The fraction of sp³-hybridized carbons (Fsp3) is 0.0571. The molecule has 4 aliphatic heterocycles. The van der Waals surface area contributed by atoms with Gasteiger partial charge in [0.2, 0.25) is 0 Å². The molecule has 4 aromatic rings. The van der Waals surface area contributed by atoms with Crippen LogP contribution in [-0.2, 0) is 4.79 Å².